The van der Waals surface area contributed by atoms with E-state index in [1.54, 1.807) is 12.1 Å². The molecule has 0 aliphatic heterocycles. The molecule has 0 heterocycles. The third-order valence-corrected chi connectivity index (χ3v) is 6.84. The smallest absolute Gasteiger partial charge is 0.426 e. The Bertz CT molecular complexity index is 865. The van der Waals surface area contributed by atoms with Gasteiger partial charge < -0.3 is 11.2 Å². The van der Waals surface area contributed by atoms with Gasteiger partial charge in [-0.2, -0.15) is 21.6 Å². The molecule has 0 spiro atoms. The van der Waals surface area contributed by atoms with Crippen molar-refractivity contribution in [3.8, 4) is 5.75 Å². The van der Waals surface area contributed by atoms with Gasteiger partial charge in [-0.15, -0.1) is 0 Å². The van der Waals surface area contributed by atoms with E-state index in [2.05, 4.69) is 11.2 Å². The summed E-state index contributed by atoms with van der Waals surface area (Å²) in [6.45, 7) is 0. The van der Waals surface area contributed by atoms with Crippen molar-refractivity contribution >= 4 is 0 Å². The van der Waals surface area contributed by atoms with Crippen molar-refractivity contribution in [3.63, 3.8) is 0 Å². The van der Waals surface area contributed by atoms with Gasteiger partial charge in [0.15, 0.2) is 17.5 Å². The third-order valence-electron chi connectivity index (χ3n) is 6.84. The van der Waals surface area contributed by atoms with Crippen LogP contribution < -0.4 is 4.74 Å². The summed E-state index contributed by atoms with van der Waals surface area (Å²) >= 11 is 0. The molecular weight excluding hydrogens is 597 g/mol. The molecule has 32 heavy (non-hydrogen) atoms. The number of alkyl halides is 2. The number of rotatable bonds is 5. The van der Waals surface area contributed by atoms with E-state index in [1.165, 1.54) is 50.7 Å². The van der Waals surface area contributed by atoms with Crippen molar-refractivity contribution in [1.29, 1.82) is 0 Å². The molecule has 2 aliphatic rings. The van der Waals surface area contributed by atoms with Crippen molar-refractivity contribution in [2.75, 3.05) is 0 Å². The third kappa shape index (κ3) is 5.72. The molecule has 1 radical (unpaired) electrons. The van der Waals surface area contributed by atoms with Crippen molar-refractivity contribution in [2.45, 2.75) is 63.4 Å². The van der Waals surface area contributed by atoms with Gasteiger partial charge in [0.05, 0.1) is 5.56 Å². The second-order valence-corrected chi connectivity index (χ2v) is 8.76. The zero-order valence-electron chi connectivity index (χ0n) is 17.6. The van der Waals surface area contributed by atoms with E-state index in [1.807, 2.05) is 0 Å². The average molecular weight is 624 g/mol. The van der Waals surface area contributed by atoms with Crippen LogP contribution in [0.5, 0.6) is 5.75 Å². The van der Waals surface area contributed by atoms with E-state index < -0.39 is 34.9 Å². The molecule has 7 heteroatoms. The monoisotopic (exact) mass is 624 g/mol. The Labute approximate surface area is 199 Å². The SMILES string of the molecule is Fc1cc(OC(F)(F)c2ccc(C3CCC(C4CC[CH-]CC4)CC3)cc2)cc(F)c1F.[Re]. The molecule has 0 atom stereocenters. The second-order valence-electron chi connectivity index (χ2n) is 8.76. The van der Waals surface area contributed by atoms with Gasteiger partial charge in [0.2, 0.25) is 0 Å². The first-order valence-corrected chi connectivity index (χ1v) is 11.0. The van der Waals surface area contributed by atoms with Crippen LogP contribution in [-0.2, 0) is 26.5 Å². The minimum absolute atomic E-state index is 0. The summed E-state index contributed by atoms with van der Waals surface area (Å²) in [5, 5.41) is 0. The van der Waals surface area contributed by atoms with Crippen molar-refractivity contribution in [3.05, 3.63) is 71.4 Å². The normalized spacial score (nSPS) is 22.3. The summed E-state index contributed by atoms with van der Waals surface area (Å²) in [4.78, 5) is 0. The Morgan fingerprint density at radius 1 is 0.781 bits per heavy atom. The number of benzene rings is 2. The summed E-state index contributed by atoms with van der Waals surface area (Å²) in [5.74, 6) is -3.70. The first kappa shape index (κ1) is 25.2. The standard InChI is InChI=1S/C25H26F5O.Re/c26-22-14-21(15-23(27)24(22)28)31-25(29,30)20-12-10-19(11-13-20)18-8-6-17(7-9-18)16-4-2-1-3-5-16;/h1,10-18H,2-9H2;/q-1;. The van der Waals surface area contributed by atoms with Crippen LogP contribution in [0.1, 0.15) is 68.4 Å². The van der Waals surface area contributed by atoms with Crippen LogP contribution in [0.15, 0.2) is 36.4 Å². The summed E-state index contributed by atoms with van der Waals surface area (Å²) in [7, 11) is 0. The van der Waals surface area contributed by atoms with Gasteiger partial charge in [-0.25, -0.2) is 13.2 Å². The van der Waals surface area contributed by atoms with Gasteiger partial charge in [0.25, 0.3) is 0 Å². The fourth-order valence-corrected chi connectivity index (χ4v) is 5.10. The zero-order valence-corrected chi connectivity index (χ0v) is 20.3. The molecule has 0 bridgehead atoms. The molecule has 2 fully saturated rings. The number of hydrogen-bond donors (Lipinski definition) is 0. The first-order valence-electron chi connectivity index (χ1n) is 11.0. The van der Waals surface area contributed by atoms with Gasteiger partial charge >= 0.3 is 6.11 Å². The van der Waals surface area contributed by atoms with E-state index in [9.17, 15) is 22.0 Å². The van der Waals surface area contributed by atoms with Gasteiger partial charge in [-0.1, -0.05) is 25.0 Å². The molecule has 0 aromatic heterocycles. The fraction of sp³-hybridized carbons (Fsp3) is 0.480. The van der Waals surface area contributed by atoms with Gasteiger partial charge in [0, 0.05) is 32.6 Å². The van der Waals surface area contributed by atoms with Crippen LogP contribution in [0.3, 0.4) is 0 Å². The topological polar surface area (TPSA) is 9.23 Å². The van der Waals surface area contributed by atoms with Gasteiger partial charge in [-0.3, -0.25) is 0 Å². The van der Waals surface area contributed by atoms with Crippen LogP contribution in [-0.4, -0.2) is 0 Å². The molecule has 1 nitrogen and oxygen atoms in total. The quantitative estimate of drug-likeness (QED) is 0.187. The molecule has 0 unspecified atom stereocenters. The predicted molar refractivity (Wildman–Crippen MR) is 108 cm³/mol. The number of ether oxygens (including phenoxy) is 1. The molecule has 0 N–H and O–H groups in total. The minimum Gasteiger partial charge on any atom is -0.429 e. The molecular formula is C25H26F5ORe-. The molecule has 0 amide bonds. The molecule has 2 aromatic carbocycles. The number of halogens is 5. The molecule has 0 saturated heterocycles. The Kier molecular flexibility index (Phi) is 8.38. The zero-order chi connectivity index (χ0) is 22.0. The van der Waals surface area contributed by atoms with Gasteiger partial charge in [-0.05, 0) is 61.1 Å². The summed E-state index contributed by atoms with van der Waals surface area (Å²) < 4.78 is 73.0. The van der Waals surface area contributed by atoms with Crippen molar-refractivity contribution < 1.29 is 47.1 Å². The Morgan fingerprint density at radius 3 is 1.88 bits per heavy atom. The molecule has 175 valence electrons. The van der Waals surface area contributed by atoms with Crippen molar-refractivity contribution in [2.24, 2.45) is 11.8 Å². The Hall–Kier alpha value is -1.45. The molecule has 2 saturated carbocycles. The van der Waals surface area contributed by atoms with Crippen LogP contribution in [0.25, 0.3) is 0 Å². The molecule has 2 aliphatic carbocycles. The maximum absolute atomic E-state index is 14.5. The van der Waals surface area contributed by atoms with Crippen molar-refractivity contribution in [1.82, 2.24) is 0 Å². The maximum Gasteiger partial charge on any atom is 0.426 e. The average Bonchev–Trinajstić information content (AvgIpc) is 2.78. The first-order chi connectivity index (χ1) is 14.8. The van der Waals surface area contributed by atoms with Gasteiger partial charge in [0.1, 0.15) is 5.75 Å². The van der Waals surface area contributed by atoms with E-state index in [0.29, 0.717) is 18.1 Å². The van der Waals surface area contributed by atoms with E-state index in [-0.39, 0.29) is 20.4 Å². The fourth-order valence-electron chi connectivity index (χ4n) is 5.10. The summed E-state index contributed by atoms with van der Waals surface area (Å²) in [5.41, 5.74) is 0.599. The van der Waals surface area contributed by atoms with Crippen LogP contribution >= 0.6 is 0 Å². The van der Waals surface area contributed by atoms with E-state index in [0.717, 1.165) is 30.2 Å². The maximum atomic E-state index is 14.5. The molecule has 4 rings (SSSR count). The summed E-state index contributed by atoms with van der Waals surface area (Å²) in [6, 6.07) is 6.74. The van der Waals surface area contributed by atoms with E-state index in [4.69, 9.17) is 0 Å². The second kappa shape index (κ2) is 10.7. The number of hydrogen-bond acceptors (Lipinski definition) is 1. The van der Waals surface area contributed by atoms with Crippen LogP contribution in [0.2, 0.25) is 0 Å². The van der Waals surface area contributed by atoms with Crippen LogP contribution in [0, 0.1) is 35.7 Å². The Morgan fingerprint density at radius 2 is 1.31 bits per heavy atom. The minimum atomic E-state index is -3.80. The predicted octanol–water partition coefficient (Wildman–Crippen LogP) is 7.90. The Balaban J connectivity index is 0.00000289. The summed E-state index contributed by atoms with van der Waals surface area (Å²) in [6.07, 6.45) is 8.09. The van der Waals surface area contributed by atoms with E-state index >= 15 is 0 Å². The molecule has 2 aromatic rings. The largest absolute Gasteiger partial charge is 0.429 e. The van der Waals surface area contributed by atoms with Crippen LogP contribution in [0.4, 0.5) is 22.0 Å².